The van der Waals surface area contributed by atoms with Gasteiger partial charge < -0.3 is 4.74 Å². The van der Waals surface area contributed by atoms with Crippen LogP contribution in [0.25, 0.3) is 0 Å². The molecule has 1 aromatic heterocycles. The molecule has 0 amide bonds. The fourth-order valence-electron chi connectivity index (χ4n) is 1.49. The summed E-state index contributed by atoms with van der Waals surface area (Å²) < 4.78 is 31.8. The van der Waals surface area contributed by atoms with Crippen LogP contribution in [0.4, 0.5) is 5.69 Å². The first kappa shape index (κ1) is 15.9. The minimum Gasteiger partial charge on any atom is -0.439 e. The van der Waals surface area contributed by atoms with Crippen LogP contribution in [0.3, 0.4) is 0 Å². The van der Waals surface area contributed by atoms with Crippen LogP contribution in [0.15, 0.2) is 42.6 Å². The number of hydrogen-bond donors (Lipinski definition) is 0. The molecule has 0 saturated heterocycles. The van der Waals surface area contributed by atoms with Crippen LogP contribution >= 0.6 is 0 Å². The van der Waals surface area contributed by atoms with E-state index in [1.165, 1.54) is 30.5 Å². The average molecular weight is 324 g/mol. The fourth-order valence-corrected chi connectivity index (χ4v) is 1.84. The van der Waals surface area contributed by atoms with Gasteiger partial charge in [-0.15, -0.1) is 0 Å². The van der Waals surface area contributed by atoms with Gasteiger partial charge in [-0.05, 0) is 23.8 Å². The Morgan fingerprint density at radius 1 is 1.18 bits per heavy atom. The molecular weight excluding hydrogens is 312 g/mol. The van der Waals surface area contributed by atoms with Gasteiger partial charge in [-0.2, -0.15) is 8.42 Å². The first-order chi connectivity index (χ1) is 10.3. The van der Waals surface area contributed by atoms with Gasteiger partial charge in [0.25, 0.3) is 15.8 Å². The molecule has 0 fully saturated rings. The maximum absolute atomic E-state index is 10.9. The third-order valence-electron chi connectivity index (χ3n) is 2.51. The van der Waals surface area contributed by atoms with Crippen molar-refractivity contribution in [1.29, 1.82) is 0 Å². The van der Waals surface area contributed by atoms with E-state index in [-0.39, 0.29) is 18.2 Å². The van der Waals surface area contributed by atoms with Crippen LogP contribution in [-0.2, 0) is 20.9 Å². The van der Waals surface area contributed by atoms with Gasteiger partial charge in [-0.1, -0.05) is 0 Å². The first-order valence-electron chi connectivity index (χ1n) is 6.05. The van der Waals surface area contributed by atoms with Crippen molar-refractivity contribution in [3.05, 3.63) is 58.3 Å². The van der Waals surface area contributed by atoms with Crippen molar-refractivity contribution in [2.75, 3.05) is 6.26 Å². The summed E-state index contributed by atoms with van der Waals surface area (Å²) in [6.07, 6.45) is 2.39. The van der Waals surface area contributed by atoms with Gasteiger partial charge in [0.2, 0.25) is 5.88 Å². The van der Waals surface area contributed by atoms with Crippen LogP contribution in [0, 0.1) is 10.1 Å². The second-order valence-electron chi connectivity index (χ2n) is 4.32. The summed E-state index contributed by atoms with van der Waals surface area (Å²) in [5.41, 5.74) is 0.537. The zero-order valence-electron chi connectivity index (χ0n) is 11.5. The highest BCUT2D eigenvalue weighted by Crippen LogP contribution is 2.22. The lowest BCUT2D eigenvalue weighted by Gasteiger charge is -2.05. The van der Waals surface area contributed by atoms with Crippen LogP contribution in [0.1, 0.15) is 5.56 Å². The molecule has 0 spiro atoms. The lowest BCUT2D eigenvalue weighted by molar-refractivity contribution is -0.384. The number of nitro groups is 1. The monoisotopic (exact) mass is 324 g/mol. The van der Waals surface area contributed by atoms with Crippen LogP contribution in [-0.4, -0.2) is 24.6 Å². The predicted octanol–water partition coefficient (Wildman–Crippen LogP) is 2.26. The molecule has 0 N–H and O–H groups in total. The molecule has 0 saturated carbocycles. The Morgan fingerprint density at radius 3 is 2.36 bits per heavy atom. The van der Waals surface area contributed by atoms with Crippen molar-refractivity contribution >= 4 is 15.8 Å². The van der Waals surface area contributed by atoms with Gasteiger partial charge in [0, 0.05) is 24.4 Å². The van der Waals surface area contributed by atoms with Crippen molar-refractivity contribution < 1.29 is 22.3 Å². The molecule has 116 valence electrons. The number of nitrogens with zero attached hydrogens (tertiary/aromatic N) is 2. The molecule has 1 aromatic carbocycles. The van der Waals surface area contributed by atoms with Crippen LogP contribution in [0.5, 0.6) is 11.6 Å². The Hall–Kier alpha value is -2.52. The Kier molecular flexibility index (Phi) is 4.68. The molecule has 0 atom stereocenters. The van der Waals surface area contributed by atoms with Crippen molar-refractivity contribution in [2.45, 2.75) is 6.61 Å². The molecule has 0 radical (unpaired) electrons. The molecule has 0 unspecified atom stereocenters. The molecule has 2 rings (SSSR count). The topological polar surface area (TPSA) is 109 Å². The zero-order valence-corrected chi connectivity index (χ0v) is 12.3. The molecule has 0 aliphatic carbocycles. The Labute approximate surface area is 126 Å². The standard InChI is InChI=1S/C13H12N2O6S/c1-22(18,19)20-9-10-2-7-13(14-8-10)21-12-5-3-11(4-6-12)15(16)17/h2-8H,9H2,1H3. The SMILES string of the molecule is CS(=O)(=O)OCc1ccc(Oc2ccc([N+](=O)[O-])cc2)nc1. The quantitative estimate of drug-likeness (QED) is 0.455. The van der Waals surface area contributed by atoms with E-state index < -0.39 is 15.0 Å². The summed E-state index contributed by atoms with van der Waals surface area (Å²) in [6.45, 7) is -0.107. The third kappa shape index (κ3) is 4.79. The van der Waals surface area contributed by atoms with Crippen LogP contribution < -0.4 is 4.74 Å². The summed E-state index contributed by atoms with van der Waals surface area (Å²) in [4.78, 5) is 14.0. The number of aromatic nitrogens is 1. The number of ether oxygens (including phenoxy) is 1. The lowest BCUT2D eigenvalue weighted by atomic mass is 10.3. The van der Waals surface area contributed by atoms with E-state index in [1.54, 1.807) is 12.1 Å². The maximum Gasteiger partial charge on any atom is 0.269 e. The second kappa shape index (κ2) is 6.50. The number of non-ortho nitro benzene ring substituents is 1. The highest BCUT2D eigenvalue weighted by atomic mass is 32.2. The van der Waals surface area contributed by atoms with Gasteiger partial charge in [-0.3, -0.25) is 14.3 Å². The molecule has 9 heteroatoms. The van der Waals surface area contributed by atoms with E-state index in [1.807, 2.05) is 0 Å². The Balaban J connectivity index is 2.00. The summed E-state index contributed by atoms with van der Waals surface area (Å²) in [5, 5.41) is 10.5. The molecule has 2 aromatic rings. The summed E-state index contributed by atoms with van der Waals surface area (Å²) in [5.74, 6) is 0.676. The number of nitro benzene ring substituents is 1. The molecule has 0 aliphatic rings. The molecule has 1 heterocycles. The normalized spacial score (nSPS) is 11.1. The molecule has 0 bridgehead atoms. The Bertz CT molecular complexity index is 756. The largest absolute Gasteiger partial charge is 0.439 e. The van der Waals surface area contributed by atoms with E-state index in [9.17, 15) is 18.5 Å². The van der Waals surface area contributed by atoms with E-state index in [2.05, 4.69) is 9.17 Å². The first-order valence-corrected chi connectivity index (χ1v) is 7.87. The molecule has 0 aliphatic heterocycles. The number of rotatable bonds is 6. The van der Waals surface area contributed by atoms with Crippen molar-refractivity contribution in [3.8, 4) is 11.6 Å². The summed E-state index contributed by atoms with van der Waals surface area (Å²) >= 11 is 0. The fraction of sp³-hybridized carbons (Fsp3) is 0.154. The third-order valence-corrected chi connectivity index (χ3v) is 3.05. The van der Waals surface area contributed by atoms with E-state index in [0.29, 0.717) is 11.3 Å². The highest BCUT2D eigenvalue weighted by molar-refractivity contribution is 7.85. The zero-order chi connectivity index (χ0) is 16.2. The number of benzene rings is 1. The minimum atomic E-state index is -3.51. The maximum atomic E-state index is 10.9. The van der Waals surface area contributed by atoms with Gasteiger partial charge in [0.15, 0.2) is 0 Å². The van der Waals surface area contributed by atoms with Gasteiger partial charge in [0.1, 0.15) is 5.75 Å². The van der Waals surface area contributed by atoms with E-state index >= 15 is 0 Å². The summed E-state index contributed by atoms with van der Waals surface area (Å²) in [7, 11) is -3.51. The minimum absolute atomic E-state index is 0.0337. The Morgan fingerprint density at radius 2 is 1.86 bits per heavy atom. The van der Waals surface area contributed by atoms with E-state index in [0.717, 1.165) is 6.26 Å². The van der Waals surface area contributed by atoms with Crippen molar-refractivity contribution in [3.63, 3.8) is 0 Å². The van der Waals surface area contributed by atoms with Crippen molar-refractivity contribution in [2.24, 2.45) is 0 Å². The van der Waals surface area contributed by atoms with Crippen LogP contribution in [0.2, 0.25) is 0 Å². The number of hydrogen-bond acceptors (Lipinski definition) is 7. The molecule has 22 heavy (non-hydrogen) atoms. The molecular formula is C13H12N2O6S. The van der Waals surface area contributed by atoms with Crippen molar-refractivity contribution in [1.82, 2.24) is 4.98 Å². The smallest absolute Gasteiger partial charge is 0.269 e. The predicted molar refractivity (Wildman–Crippen MR) is 77.0 cm³/mol. The second-order valence-corrected chi connectivity index (χ2v) is 5.97. The lowest BCUT2D eigenvalue weighted by Crippen LogP contribution is -2.02. The molecule has 8 nitrogen and oxygen atoms in total. The number of pyridine rings is 1. The van der Waals surface area contributed by atoms with Gasteiger partial charge in [0.05, 0.1) is 17.8 Å². The van der Waals surface area contributed by atoms with Gasteiger partial charge in [-0.25, -0.2) is 4.98 Å². The van der Waals surface area contributed by atoms with E-state index in [4.69, 9.17) is 4.74 Å². The average Bonchev–Trinajstić information content (AvgIpc) is 2.46. The van der Waals surface area contributed by atoms with Gasteiger partial charge >= 0.3 is 0 Å². The summed E-state index contributed by atoms with van der Waals surface area (Å²) in [6, 6.07) is 8.72. The highest BCUT2D eigenvalue weighted by Gasteiger charge is 2.06.